The lowest BCUT2D eigenvalue weighted by Gasteiger charge is -2.11. The van der Waals surface area contributed by atoms with E-state index in [9.17, 15) is 0 Å². The summed E-state index contributed by atoms with van der Waals surface area (Å²) in [6, 6.07) is 10.9. The number of rotatable bonds is 2. The molecule has 0 fully saturated rings. The number of nitrogens with two attached hydrogens (primary N) is 1. The molecule has 0 spiro atoms. The molecule has 5 heteroatoms. The van der Waals surface area contributed by atoms with Crippen LogP contribution in [-0.4, -0.2) is 4.98 Å². The van der Waals surface area contributed by atoms with Gasteiger partial charge < -0.3 is 10.5 Å². The van der Waals surface area contributed by atoms with E-state index in [1.54, 1.807) is 24.5 Å². The van der Waals surface area contributed by atoms with Gasteiger partial charge in [-0.05, 0) is 52.3 Å². The summed E-state index contributed by atoms with van der Waals surface area (Å²) in [4.78, 5) is 4.12. The van der Waals surface area contributed by atoms with E-state index in [0.29, 0.717) is 22.2 Å². The van der Waals surface area contributed by atoms with Gasteiger partial charge >= 0.3 is 0 Å². The summed E-state index contributed by atoms with van der Waals surface area (Å²) < 4.78 is 6.72. The first-order chi connectivity index (χ1) is 9.65. The highest BCUT2D eigenvalue weighted by Crippen LogP contribution is 2.36. The number of halogens is 2. The second-order valence-corrected chi connectivity index (χ2v) is 5.54. The van der Waals surface area contributed by atoms with E-state index in [-0.39, 0.29) is 0 Å². The van der Waals surface area contributed by atoms with E-state index in [0.717, 1.165) is 15.2 Å². The van der Waals surface area contributed by atoms with Crippen molar-refractivity contribution in [3.05, 3.63) is 58.3 Å². The Bertz CT molecular complexity index is 792. The summed E-state index contributed by atoms with van der Waals surface area (Å²) in [5.41, 5.74) is 6.66. The molecule has 0 bridgehead atoms. The highest BCUT2D eigenvalue weighted by Gasteiger charge is 2.08. The zero-order chi connectivity index (χ0) is 14.1. The number of anilines is 1. The average molecular weight is 350 g/mol. The number of hydrogen-bond acceptors (Lipinski definition) is 3. The minimum atomic E-state index is 0.646. The molecule has 1 aromatic heterocycles. The Morgan fingerprint density at radius 3 is 2.65 bits per heavy atom. The zero-order valence-corrected chi connectivity index (χ0v) is 12.6. The lowest BCUT2D eigenvalue weighted by molar-refractivity contribution is 0.485. The first-order valence-electron chi connectivity index (χ1n) is 5.90. The molecular formula is C15H10BrClN2O. The van der Waals surface area contributed by atoms with Gasteiger partial charge in [0.1, 0.15) is 11.5 Å². The minimum absolute atomic E-state index is 0.646. The number of nitrogen functional groups attached to an aromatic ring is 1. The van der Waals surface area contributed by atoms with E-state index < -0.39 is 0 Å². The molecule has 2 aromatic carbocycles. The molecule has 3 aromatic rings. The van der Waals surface area contributed by atoms with Crippen LogP contribution in [0.25, 0.3) is 10.8 Å². The molecule has 100 valence electrons. The summed E-state index contributed by atoms with van der Waals surface area (Å²) >= 11 is 9.36. The van der Waals surface area contributed by atoms with Crippen LogP contribution in [0.15, 0.2) is 53.3 Å². The monoisotopic (exact) mass is 348 g/mol. The van der Waals surface area contributed by atoms with Gasteiger partial charge in [-0.25, -0.2) is 0 Å². The van der Waals surface area contributed by atoms with Crippen LogP contribution in [0.3, 0.4) is 0 Å². The normalized spacial score (nSPS) is 10.7. The van der Waals surface area contributed by atoms with Gasteiger partial charge in [-0.3, -0.25) is 4.98 Å². The first-order valence-corrected chi connectivity index (χ1v) is 7.07. The van der Waals surface area contributed by atoms with Crippen LogP contribution in [0, 0.1) is 0 Å². The number of benzene rings is 2. The predicted molar refractivity (Wildman–Crippen MR) is 85.4 cm³/mol. The second kappa shape index (κ2) is 5.31. The maximum absolute atomic E-state index is 5.96. The third-order valence-corrected chi connectivity index (χ3v) is 3.78. The van der Waals surface area contributed by atoms with Crippen LogP contribution in [0.1, 0.15) is 0 Å². The van der Waals surface area contributed by atoms with Crippen molar-refractivity contribution >= 4 is 44.0 Å². The fourth-order valence-electron chi connectivity index (χ4n) is 1.95. The Labute approximate surface area is 129 Å². The first kappa shape index (κ1) is 13.2. The fourth-order valence-corrected chi connectivity index (χ4v) is 2.72. The lowest BCUT2D eigenvalue weighted by atomic mass is 10.1. The third-order valence-electron chi connectivity index (χ3n) is 2.93. The van der Waals surface area contributed by atoms with Gasteiger partial charge in [-0.1, -0.05) is 11.6 Å². The predicted octanol–water partition coefficient (Wildman–Crippen LogP) is 5.03. The van der Waals surface area contributed by atoms with Crippen LogP contribution >= 0.6 is 27.5 Å². The molecule has 0 atom stereocenters. The molecule has 2 N–H and O–H groups in total. The van der Waals surface area contributed by atoms with Crippen LogP contribution in [0.4, 0.5) is 5.69 Å². The van der Waals surface area contributed by atoms with Gasteiger partial charge in [0, 0.05) is 33.9 Å². The highest BCUT2D eigenvalue weighted by molar-refractivity contribution is 9.10. The second-order valence-electron chi connectivity index (χ2n) is 4.25. The number of fused-ring (bicyclic) bond motifs is 1. The fraction of sp³-hybridized carbons (Fsp3) is 0. The third kappa shape index (κ3) is 2.44. The Hall–Kier alpha value is -1.78. The van der Waals surface area contributed by atoms with Crippen molar-refractivity contribution in [2.24, 2.45) is 0 Å². The van der Waals surface area contributed by atoms with E-state index >= 15 is 0 Å². The van der Waals surface area contributed by atoms with E-state index in [1.807, 2.05) is 24.3 Å². The van der Waals surface area contributed by atoms with Crippen LogP contribution in [0.2, 0.25) is 5.02 Å². The van der Waals surface area contributed by atoms with Gasteiger partial charge in [0.15, 0.2) is 0 Å². The van der Waals surface area contributed by atoms with Crippen LogP contribution in [-0.2, 0) is 0 Å². The van der Waals surface area contributed by atoms with Gasteiger partial charge in [0.2, 0.25) is 0 Å². The van der Waals surface area contributed by atoms with Gasteiger partial charge in [-0.2, -0.15) is 0 Å². The summed E-state index contributed by atoms with van der Waals surface area (Å²) in [6.45, 7) is 0. The Morgan fingerprint density at radius 1 is 1.05 bits per heavy atom. The largest absolute Gasteiger partial charge is 0.455 e. The molecule has 20 heavy (non-hydrogen) atoms. The Morgan fingerprint density at radius 2 is 1.85 bits per heavy atom. The van der Waals surface area contributed by atoms with E-state index in [1.165, 1.54) is 0 Å². The minimum Gasteiger partial charge on any atom is -0.455 e. The molecule has 1 heterocycles. The Kier molecular flexibility index (Phi) is 3.51. The molecule has 0 aliphatic carbocycles. The number of pyridine rings is 1. The quantitative estimate of drug-likeness (QED) is 0.660. The van der Waals surface area contributed by atoms with E-state index in [4.69, 9.17) is 22.1 Å². The SMILES string of the molecule is Nc1ccc(Oc2ccc(Cl)cc2Br)c2cnccc12. The zero-order valence-electron chi connectivity index (χ0n) is 10.3. The maximum atomic E-state index is 5.96. The molecular weight excluding hydrogens is 340 g/mol. The number of hydrogen-bond donors (Lipinski definition) is 1. The van der Waals surface area contributed by atoms with Crippen molar-refractivity contribution in [3.63, 3.8) is 0 Å². The van der Waals surface area contributed by atoms with Crippen LogP contribution < -0.4 is 10.5 Å². The molecule has 0 aliphatic heterocycles. The molecule has 0 radical (unpaired) electrons. The summed E-state index contributed by atoms with van der Waals surface area (Å²) in [5, 5.41) is 2.44. The molecule has 0 saturated carbocycles. The lowest BCUT2D eigenvalue weighted by Crippen LogP contribution is -1.91. The molecule has 3 rings (SSSR count). The maximum Gasteiger partial charge on any atom is 0.141 e. The van der Waals surface area contributed by atoms with Gasteiger partial charge in [-0.15, -0.1) is 0 Å². The average Bonchev–Trinajstić information content (AvgIpc) is 2.45. The van der Waals surface area contributed by atoms with E-state index in [2.05, 4.69) is 20.9 Å². The highest BCUT2D eigenvalue weighted by atomic mass is 79.9. The van der Waals surface area contributed by atoms with Crippen molar-refractivity contribution in [2.75, 3.05) is 5.73 Å². The van der Waals surface area contributed by atoms with Crippen molar-refractivity contribution in [3.8, 4) is 11.5 Å². The topological polar surface area (TPSA) is 48.1 Å². The molecule has 0 saturated heterocycles. The van der Waals surface area contributed by atoms with Crippen molar-refractivity contribution in [2.45, 2.75) is 0 Å². The number of ether oxygens (including phenoxy) is 1. The van der Waals surface area contributed by atoms with Gasteiger partial charge in [0.25, 0.3) is 0 Å². The summed E-state index contributed by atoms with van der Waals surface area (Å²) in [5.74, 6) is 1.38. The standard InChI is InChI=1S/C15H10BrClN2O/c16-12-7-9(17)1-3-15(12)20-14-4-2-13(18)10-5-6-19-8-11(10)14/h1-8H,18H2. The summed E-state index contributed by atoms with van der Waals surface area (Å²) in [6.07, 6.45) is 3.45. The number of aromatic nitrogens is 1. The van der Waals surface area contributed by atoms with Gasteiger partial charge in [0.05, 0.1) is 4.47 Å². The molecule has 3 nitrogen and oxygen atoms in total. The Balaban J connectivity index is 2.09. The summed E-state index contributed by atoms with van der Waals surface area (Å²) in [7, 11) is 0. The molecule has 0 unspecified atom stereocenters. The van der Waals surface area contributed by atoms with Crippen molar-refractivity contribution in [1.82, 2.24) is 4.98 Å². The molecule has 0 aliphatic rings. The van der Waals surface area contributed by atoms with Crippen molar-refractivity contribution in [1.29, 1.82) is 0 Å². The molecule has 0 amide bonds. The van der Waals surface area contributed by atoms with Crippen LogP contribution in [0.5, 0.6) is 11.5 Å². The number of nitrogens with zero attached hydrogens (tertiary/aromatic N) is 1. The van der Waals surface area contributed by atoms with Crippen molar-refractivity contribution < 1.29 is 4.74 Å². The smallest absolute Gasteiger partial charge is 0.141 e.